The normalized spacial score (nSPS) is 11.4. The first-order valence-corrected chi connectivity index (χ1v) is 6.78. The molecular weight excluding hydrogens is 244 g/mol. The van der Waals surface area contributed by atoms with E-state index in [0.717, 1.165) is 21.5 Å². The van der Waals surface area contributed by atoms with Crippen LogP contribution in [0, 0.1) is 6.92 Å². The molecule has 0 atom stereocenters. The molecule has 0 aliphatic carbocycles. The molecule has 1 N–H and O–H groups in total. The smallest absolute Gasteiger partial charge is 0.124 e. The molecule has 4 aromatic carbocycles. The minimum Gasteiger partial charge on any atom is -0.507 e. The molecule has 0 bridgehead atoms. The fraction of sp³-hybridized carbons (Fsp3) is 0.0526. The Morgan fingerprint density at radius 1 is 0.650 bits per heavy atom. The van der Waals surface area contributed by atoms with Crippen molar-refractivity contribution in [3.8, 4) is 5.75 Å². The highest BCUT2D eigenvalue weighted by Gasteiger charge is 2.09. The first-order valence-electron chi connectivity index (χ1n) is 6.78. The second-order valence-corrected chi connectivity index (χ2v) is 5.27. The monoisotopic (exact) mass is 258 g/mol. The van der Waals surface area contributed by atoms with E-state index in [-0.39, 0.29) is 0 Å². The highest BCUT2D eigenvalue weighted by molar-refractivity contribution is 6.22. The van der Waals surface area contributed by atoms with Crippen LogP contribution in [0.5, 0.6) is 5.75 Å². The van der Waals surface area contributed by atoms with Crippen molar-refractivity contribution < 1.29 is 5.11 Å². The van der Waals surface area contributed by atoms with Gasteiger partial charge in [-0.05, 0) is 40.1 Å². The summed E-state index contributed by atoms with van der Waals surface area (Å²) < 4.78 is 0. The Labute approximate surface area is 117 Å². The Morgan fingerprint density at radius 2 is 1.40 bits per heavy atom. The van der Waals surface area contributed by atoms with Crippen LogP contribution in [0.3, 0.4) is 0 Å². The quantitative estimate of drug-likeness (QED) is 0.432. The Hall–Kier alpha value is -2.54. The Kier molecular flexibility index (Phi) is 2.25. The molecule has 0 aliphatic rings. The van der Waals surface area contributed by atoms with Crippen LogP contribution >= 0.6 is 0 Å². The molecular formula is C19H14O. The Morgan fingerprint density at radius 3 is 2.30 bits per heavy atom. The van der Waals surface area contributed by atoms with Gasteiger partial charge in [-0.15, -0.1) is 0 Å². The average molecular weight is 258 g/mol. The second-order valence-electron chi connectivity index (χ2n) is 5.27. The van der Waals surface area contributed by atoms with Gasteiger partial charge in [0.1, 0.15) is 5.75 Å². The number of phenols is 1. The zero-order chi connectivity index (χ0) is 13.7. The molecule has 0 aromatic heterocycles. The van der Waals surface area contributed by atoms with Crippen molar-refractivity contribution in [1.29, 1.82) is 0 Å². The highest BCUT2D eigenvalue weighted by Crippen LogP contribution is 2.37. The summed E-state index contributed by atoms with van der Waals surface area (Å²) in [4.78, 5) is 0. The average Bonchev–Trinajstić information content (AvgIpc) is 2.50. The third-order valence-corrected chi connectivity index (χ3v) is 4.08. The summed E-state index contributed by atoms with van der Waals surface area (Å²) in [6, 6.07) is 20.6. The summed E-state index contributed by atoms with van der Waals surface area (Å²) in [7, 11) is 0. The summed E-state index contributed by atoms with van der Waals surface area (Å²) in [5, 5.41) is 17.1. The van der Waals surface area contributed by atoms with Crippen molar-refractivity contribution in [2.75, 3.05) is 0 Å². The minimum absolute atomic E-state index is 0.354. The first kappa shape index (κ1) is 11.3. The van der Waals surface area contributed by atoms with Crippen LogP contribution in [0.1, 0.15) is 5.56 Å². The molecule has 1 heteroatoms. The van der Waals surface area contributed by atoms with E-state index in [1.807, 2.05) is 18.2 Å². The maximum absolute atomic E-state index is 10.4. The number of hydrogen-bond donors (Lipinski definition) is 1. The summed E-state index contributed by atoms with van der Waals surface area (Å²) in [5.74, 6) is 0.354. The number of rotatable bonds is 0. The number of benzene rings is 4. The van der Waals surface area contributed by atoms with Crippen LogP contribution < -0.4 is 0 Å². The highest BCUT2D eigenvalue weighted by atomic mass is 16.3. The SMILES string of the molecule is Cc1ccc(O)c2c1ccc1ccc3ccccc3c12. The number of fused-ring (bicyclic) bond motifs is 5. The van der Waals surface area contributed by atoms with Gasteiger partial charge in [0.15, 0.2) is 0 Å². The van der Waals surface area contributed by atoms with Gasteiger partial charge in [-0.1, -0.05) is 54.6 Å². The first-order chi connectivity index (χ1) is 9.75. The van der Waals surface area contributed by atoms with Crippen molar-refractivity contribution in [3.05, 3.63) is 66.2 Å². The molecule has 96 valence electrons. The van der Waals surface area contributed by atoms with Crippen molar-refractivity contribution in [1.82, 2.24) is 0 Å². The van der Waals surface area contributed by atoms with Crippen LogP contribution in [-0.4, -0.2) is 5.11 Å². The lowest BCUT2D eigenvalue weighted by atomic mass is 9.94. The number of aromatic hydroxyl groups is 1. The van der Waals surface area contributed by atoms with Crippen LogP contribution in [-0.2, 0) is 0 Å². The molecule has 0 aliphatic heterocycles. The molecule has 4 aromatic rings. The van der Waals surface area contributed by atoms with Crippen molar-refractivity contribution in [2.24, 2.45) is 0 Å². The Bertz CT molecular complexity index is 967. The zero-order valence-corrected chi connectivity index (χ0v) is 11.2. The third kappa shape index (κ3) is 1.44. The van der Waals surface area contributed by atoms with Gasteiger partial charge >= 0.3 is 0 Å². The predicted molar refractivity (Wildman–Crippen MR) is 85.4 cm³/mol. The molecule has 0 unspecified atom stereocenters. The minimum atomic E-state index is 0.354. The third-order valence-electron chi connectivity index (χ3n) is 4.08. The van der Waals surface area contributed by atoms with E-state index >= 15 is 0 Å². The molecule has 4 rings (SSSR count). The topological polar surface area (TPSA) is 20.2 Å². The predicted octanol–water partition coefficient (Wildman–Crippen LogP) is 5.16. The lowest BCUT2D eigenvalue weighted by molar-refractivity contribution is 0.482. The van der Waals surface area contributed by atoms with Gasteiger partial charge in [0.2, 0.25) is 0 Å². The maximum atomic E-state index is 10.4. The molecule has 0 amide bonds. The lowest BCUT2D eigenvalue weighted by Crippen LogP contribution is -1.84. The molecule has 20 heavy (non-hydrogen) atoms. The standard InChI is InChI=1S/C19H14O/c1-12-6-11-17(20)19-15(12)10-9-14-8-7-13-4-2-3-5-16(13)18(14)19/h2-11,20H,1H3. The second kappa shape index (κ2) is 3.97. The maximum Gasteiger partial charge on any atom is 0.124 e. The van der Waals surface area contributed by atoms with Gasteiger partial charge in [-0.2, -0.15) is 0 Å². The zero-order valence-electron chi connectivity index (χ0n) is 11.2. The van der Waals surface area contributed by atoms with Gasteiger partial charge in [0.25, 0.3) is 0 Å². The molecule has 0 fully saturated rings. The van der Waals surface area contributed by atoms with Crippen molar-refractivity contribution in [2.45, 2.75) is 6.92 Å². The molecule has 1 nitrogen and oxygen atoms in total. The summed E-state index contributed by atoms with van der Waals surface area (Å²) in [6.07, 6.45) is 0. The van der Waals surface area contributed by atoms with Crippen molar-refractivity contribution in [3.63, 3.8) is 0 Å². The molecule has 0 saturated heterocycles. The summed E-state index contributed by atoms with van der Waals surface area (Å²) in [6.45, 7) is 2.08. The van der Waals surface area contributed by atoms with E-state index in [2.05, 4.69) is 43.3 Å². The van der Waals surface area contributed by atoms with Gasteiger partial charge in [-0.3, -0.25) is 0 Å². The molecule has 0 spiro atoms. The van der Waals surface area contributed by atoms with Crippen molar-refractivity contribution >= 4 is 32.3 Å². The fourth-order valence-corrected chi connectivity index (χ4v) is 3.07. The molecule has 0 radical (unpaired) electrons. The summed E-state index contributed by atoms with van der Waals surface area (Å²) in [5.41, 5.74) is 1.19. The van der Waals surface area contributed by atoms with E-state index < -0.39 is 0 Å². The lowest BCUT2D eigenvalue weighted by Gasteiger charge is -2.11. The fourth-order valence-electron chi connectivity index (χ4n) is 3.07. The van der Waals surface area contributed by atoms with Crippen LogP contribution in [0.2, 0.25) is 0 Å². The van der Waals surface area contributed by atoms with Crippen LogP contribution in [0.25, 0.3) is 32.3 Å². The van der Waals surface area contributed by atoms with E-state index in [1.165, 1.54) is 16.3 Å². The van der Waals surface area contributed by atoms with Gasteiger partial charge in [0.05, 0.1) is 0 Å². The Balaban J connectivity index is 2.40. The van der Waals surface area contributed by atoms with E-state index in [9.17, 15) is 5.11 Å². The molecule has 0 heterocycles. The van der Waals surface area contributed by atoms with E-state index in [0.29, 0.717) is 5.75 Å². The summed E-state index contributed by atoms with van der Waals surface area (Å²) >= 11 is 0. The number of phenolic OH excluding ortho intramolecular Hbond substituents is 1. The number of hydrogen-bond acceptors (Lipinski definition) is 1. The van der Waals surface area contributed by atoms with Crippen LogP contribution in [0.15, 0.2) is 60.7 Å². The van der Waals surface area contributed by atoms with Gasteiger partial charge in [-0.25, -0.2) is 0 Å². The largest absolute Gasteiger partial charge is 0.507 e. The van der Waals surface area contributed by atoms with Gasteiger partial charge in [0, 0.05) is 10.8 Å². The molecule has 0 saturated carbocycles. The van der Waals surface area contributed by atoms with E-state index in [4.69, 9.17) is 0 Å². The van der Waals surface area contributed by atoms with E-state index in [1.54, 1.807) is 6.07 Å². The van der Waals surface area contributed by atoms with Crippen LogP contribution in [0.4, 0.5) is 0 Å². The van der Waals surface area contributed by atoms with Gasteiger partial charge < -0.3 is 5.11 Å². The number of aryl methyl sites for hydroxylation is 1.